The van der Waals surface area contributed by atoms with E-state index in [4.69, 9.17) is 4.42 Å². The molecule has 6 aromatic carbocycles. The fourth-order valence-electron chi connectivity index (χ4n) is 6.77. The average molecular weight is 548 g/mol. The van der Waals surface area contributed by atoms with Gasteiger partial charge in [-0.2, -0.15) is 0 Å². The Morgan fingerprint density at radius 2 is 0.860 bits per heavy atom. The third-order valence-corrected chi connectivity index (χ3v) is 8.74. The Morgan fingerprint density at radius 1 is 0.349 bits per heavy atom. The predicted octanol–water partition coefficient (Wildman–Crippen LogP) is 11.3. The number of fused-ring (bicyclic) bond motifs is 11. The first-order chi connectivity index (χ1) is 21.3. The van der Waals surface area contributed by atoms with Gasteiger partial charge in [-0.05, 0) is 85.5 Å². The molecule has 0 saturated carbocycles. The molecule has 9 rings (SSSR count). The number of hydrogen-bond acceptors (Lipinski definition) is 2. The highest BCUT2D eigenvalue weighted by atomic mass is 16.3. The summed E-state index contributed by atoms with van der Waals surface area (Å²) in [5.41, 5.74) is 16.1. The maximum Gasteiger partial charge on any atom is 0.227 e. The smallest absolute Gasteiger partial charge is 0.227 e. The van der Waals surface area contributed by atoms with E-state index >= 15 is 0 Å². The molecule has 2 heteroatoms. The summed E-state index contributed by atoms with van der Waals surface area (Å²) in [7, 11) is 0. The zero-order valence-electron chi connectivity index (χ0n) is 23.3. The summed E-state index contributed by atoms with van der Waals surface area (Å²) in [6.45, 7) is 0. The monoisotopic (exact) mass is 547 g/mol. The summed E-state index contributed by atoms with van der Waals surface area (Å²) in [4.78, 5) is 4.46. The van der Waals surface area contributed by atoms with Crippen LogP contribution in [-0.2, 0) is 0 Å². The zero-order chi connectivity index (χ0) is 28.3. The topological polar surface area (TPSA) is 26.0 Å². The number of rotatable bonds is 2. The van der Waals surface area contributed by atoms with Gasteiger partial charge in [-0.3, -0.25) is 0 Å². The van der Waals surface area contributed by atoms with Crippen LogP contribution in [0.3, 0.4) is 0 Å². The van der Waals surface area contributed by atoms with Gasteiger partial charge in [0.05, 0.1) is 0 Å². The Morgan fingerprint density at radius 3 is 1.53 bits per heavy atom. The van der Waals surface area contributed by atoms with Crippen molar-refractivity contribution < 1.29 is 4.42 Å². The van der Waals surface area contributed by atoms with Crippen molar-refractivity contribution in [3.05, 3.63) is 152 Å². The van der Waals surface area contributed by atoms with E-state index in [9.17, 15) is 0 Å². The summed E-state index contributed by atoms with van der Waals surface area (Å²) in [6.07, 6.45) is 1.78. The quantitative estimate of drug-likeness (QED) is 0.215. The predicted molar refractivity (Wildman–Crippen MR) is 178 cm³/mol. The first-order valence-corrected chi connectivity index (χ1v) is 14.6. The Hall–Kier alpha value is -5.73. The van der Waals surface area contributed by atoms with Crippen LogP contribution >= 0.6 is 0 Å². The van der Waals surface area contributed by atoms with Gasteiger partial charge in [0.2, 0.25) is 5.71 Å². The number of para-hydroxylation sites is 1. The lowest BCUT2D eigenvalue weighted by Gasteiger charge is -2.23. The van der Waals surface area contributed by atoms with Crippen molar-refractivity contribution in [3.8, 4) is 66.8 Å². The second-order valence-electron chi connectivity index (χ2n) is 11.1. The molecule has 0 bridgehead atoms. The molecule has 1 aliphatic carbocycles. The van der Waals surface area contributed by atoms with Crippen LogP contribution in [0.5, 0.6) is 0 Å². The molecule has 0 amide bonds. The molecule has 0 radical (unpaired) electrons. The molecule has 2 aromatic heterocycles. The van der Waals surface area contributed by atoms with Crippen molar-refractivity contribution in [1.82, 2.24) is 4.98 Å². The molecular formula is C41H25NO. The molecule has 0 fully saturated rings. The minimum atomic E-state index is 0.670. The van der Waals surface area contributed by atoms with E-state index < -0.39 is 0 Å². The van der Waals surface area contributed by atoms with Crippen LogP contribution in [0, 0.1) is 0 Å². The normalized spacial score (nSPS) is 11.7. The second-order valence-corrected chi connectivity index (χ2v) is 11.1. The molecule has 0 spiro atoms. The summed E-state index contributed by atoms with van der Waals surface area (Å²) >= 11 is 0. The highest BCUT2D eigenvalue weighted by Crippen LogP contribution is 2.48. The second kappa shape index (κ2) is 9.40. The molecule has 1 aliphatic rings. The van der Waals surface area contributed by atoms with Gasteiger partial charge in [0.25, 0.3) is 0 Å². The molecule has 43 heavy (non-hydrogen) atoms. The third-order valence-electron chi connectivity index (χ3n) is 8.74. The van der Waals surface area contributed by atoms with Crippen molar-refractivity contribution in [2.24, 2.45) is 0 Å². The van der Waals surface area contributed by atoms with Gasteiger partial charge >= 0.3 is 0 Å². The van der Waals surface area contributed by atoms with Crippen molar-refractivity contribution in [3.63, 3.8) is 0 Å². The van der Waals surface area contributed by atoms with Crippen LogP contribution in [0.1, 0.15) is 0 Å². The molecule has 2 nitrogen and oxygen atoms in total. The van der Waals surface area contributed by atoms with Crippen LogP contribution in [0.25, 0.3) is 88.8 Å². The van der Waals surface area contributed by atoms with E-state index in [1.807, 2.05) is 6.07 Å². The van der Waals surface area contributed by atoms with Gasteiger partial charge in [0, 0.05) is 22.5 Å². The standard InChI is InChI=1S/C41H25NO/c1-2-13-31-30(12-1)32-14-3-4-16-34(32)36-22-21-27(25-39(36)35-17-6-5-15-33(31)35)26-10-7-11-28(24-26)29-18-8-19-37-38-20-9-23-42-41(38)43-40(29)37/h1-25H. The molecule has 0 N–H and O–H groups in total. The van der Waals surface area contributed by atoms with Crippen molar-refractivity contribution in [2.75, 3.05) is 0 Å². The molecule has 0 atom stereocenters. The van der Waals surface area contributed by atoms with Gasteiger partial charge < -0.3 is 4.42 Å². The van der Waals surface area contributed by atoms with Crippen LogP contribution in [0.2, 0.25) is 0 Å². The van der Waals surface area contributed by atoms with Crippen molar-refractivity contribution in [2.45, 2.75) is 0 Å². The minimum absolute atomic E-state index is 0.670. The van der Waals surface area contributed by atoms with E-state index in [0.717, 1.165) is 27.5 Å². The minimum Gasteiger partial charge on any atom is -0.437 e. The highest BCUT2D eigenvalue weighted by molar-refractivity contribution is 6.09. The van der Waals surface area contributed by atoms with E-state index in [-0.39, 0.29) is 0 Å². The van der Waals surface area contributed by atoms with Crippen LogP contribution in [-0.4, -0.2) is 4.98 Å². The van der Waals surface area contributed by atoms with Gasteiger partial charge in [-0.15, -0.1) is 0 Å². The van der Waals surface area contributed by atoms with Gasteiger partial charge in [-0.1, -0.05) is 121 Å². The van der Waals surface area contributed by atoms with Crippen molar-refractivity contribution >= 4 is 22.1 Å². The lowest BCUT2D eigenvalue weighted by molar-refractivity contribution is 0.655. The number of aromatic nitrogens is 1. The van der Waals surface area contributed by atoms with E-state index in [1.54, 1.807) is 6.20 Å². The summed E-state index contributed by atoms with van der Waals surface area (Å²) in [5.74, 6) is 0. The summed E-state index contributed by atoms with van der Waals surface area (Å²) < 4.78 is 6.27. The van der Waals surface area contributed by atoms with E-state index in [0.29, 0.717) is 5.71 Å². The molecule has 8 aromatic rings. The maximum absolute atomic E-state index is 6.27. The Labute approximate surface area is 249 Å². The molecule has 2 heterocycles. The maximum atomic E-state index is 6.27. The number of furan rings is 1. The molecule has 0 unspecified atom stereocenters. The largest absolute Gasteiger partial charge is 0.437 e. The van der Waals surface area contributed by atoms with Crippen LogP contribution < -0.4 is 0 Å². The fourth-order valence-corrected chi connectivity index (χ4v) is 6.77. The lowest BCUT2D eigenvalue weighted by Crippen LogP contribution is -1.97. The van der Waals surface area contributed by atoms with E-state index in [1.165, 1.54) is 55.6 Å². The first kappa shape index (κ1) is 23.9. The molecule has 0 saturated heterocycles. The SMILES string of the molecule is c1cc(-c2ccc3c(c2)-c2ccccc2-c2ccccc2-c2ccccc2-3)cc(-c2cccc3c2oc2ncccc23)c1. The molecule has 200 valence electrons. The molecular weight excluding hydrogens is 522 g/mol. The average Bonchev–Trinajstić information content (AvgIpc) is 3.47. The Kier molecular flexibility index (Phi) is 5.23. The number of pyridine rings is 1. The van der Waals surface area contributed by atoms with Gasteiger partial charge in [0.15, 0.2) is 0 Å². The van der Waals surface area contributed by atoms with Crippen LogP contribution in [0.15, 0.2) is 156 Å². The Bertz CT molecular complexity index is 2350. The van der Waals surface area contributed by atoms with Gasteiger partial charge in [0.1, 0.15) is 5.58 Å². The van der Waals surface area contributed by atoms with Crippen LogP contribution in [0.4, 0.5) is 0 Å². The fraction of sp³-hybridized carbons (Fsp3) is 0. The number of hydrogen-bond donors (Lipinski definition) is 0. The summed E-state index contributed by atoms with van der Waals surface area (Å²) in [6, 6.07) is 52.4. The third kappa shape index (κ3) is 3.70. The first-order valence-electron chi connectivity index (χ1n) is 14.6. The van der Waals surface area contributed by atoms with E-state index in [2.05, 4.69) is 145 Å². The molecule has 0 aliphatic heterocycles. The van der Waals surface area contributed by atoms with Crippen molar-refractivity contribution in [1.29, 1.82) is 0 Å². The Balaban J connectivity index is 1.25. The number of benzene rings is 6. The highest BCUT2D eigenvalue weighted by Gasteiger charge is 2.22. The number of nitrogens with zero attached hydrogens (tertiary/aromatic N) is 1. The zero-order valence-corrected chi connectivity index (χ0v) is 23.3. The summed E-state index contributed by atoms with van der Waals surface area (Å²) in [5, 5.41) is 2.13. The van der Waals surface area contributed by atoms with Gasteiger partial charge in [-0.25, -0.2) is 4.98 Å². The lowest BCUT2D eigenvalue weighted by atomic mass is 9.80.